The molecular formula is C26H36N3O5S+. The summed E-state index contributed by atoms with van der Waals surface area (Å²) in [4.78, 5) is 4.75. The van der Waals surface area contributed by atoms with Crippen molar-refractivity contribution in [2.45, 2.75) is 43.9 Å². The van der Waals surface area contributed by atoms with E-state index in [0.29, 0.717) is 4.48 Å². The van der Waals surface area contributed by atoms with Crippen LogP contribution >= 0.6 is 11.3 Å². The monoisotopic (exact) mass is 502 g/mol. The van der Waals surface area contributed by atoms with Crippen molar-refractivity contribution in [1.82, 2.24) is 4.98 Å². The van der Waals surface area contributed by atoms with Gasteiger partial charge in [-0.15, -0.1) is 11.3 Å². The van der Waals surface area contributed by atoms with Gasteiger partial charge < -0.3 is 35.0 Å². The van der Waals surface area contributed by atoms with Crippen molar-refractivity contribution >= 4 is 27.2 Å². The van der Waals surface area contributed by atoms with Crippen LogP contribution in [0.1, 0.15) is 18.4 Å². The number of rotatable bonds is 9. The Morgan fingerprint density at radius 2 is 1.86 bits per heavy atom. The number of aryl methyl sites for hydroxylation is 1. The van der Waals surface area contributed by atoms with Crippen LogP contribution in [0.3, 0.4) is 0 Å². The number of hydrogen-bond donors (Lipinski definition) is 5. The molecule has 2 aromatic carbocycles. The number of aliphatic hydroxyl groups is 4. The van der Waals surface area contributed by atoms with Crippen LogP contribution in [0.15, 0.2) is 42.5 Å². The van der Waals surface area contributed by atoms with E-state index in [1.807, 2.05) is 14.1 Å². The topological polar surface area (TPSA) is 115 Å². The number of aromatic nitrogens is 1. The smallest absolute Gasteiger partial charge is 0.245 e. The third-order valence-electron chi connectivity index (χ3n) is 6.53. The first-order chi connectivity index (χ1) is 16.6. The molecule has 3 aromatic rings. The van der Waals surface area contributed by atoms with E-state index < -0.39 is 24.1 Å². The van der Waals surface area contributed by atoms with Crippen molar-refractivity contribution in [3.8, 4) is 10.6 Å². The Morgan fingerprint density at radius 3 is 2.60 bits per heavy atom. The lowest BCUT2D eigenvalue weighted by atomic mass is 9.96. The summed E-state index contributed by atoms with van der Waals surface area (Å²) < 4.78 is 6.92. The molecule has 0 spiro atoms. The summed E-state index contributed by atoms with van der Waals surface area (Å²) >= 11 is 1.71. The standard InChI is InChI=1S/C26H36N3O5S/c1-17-6-11-20-22(14-17)35-25(28-20)18-7-9-19(10-8-18)27-12-4-5-13-29(2,3)16-26(33)24(32)23(31)21(30)15-34-26/h6-11,14,21,23-24,27,30-33H,4-5,12-13,15-16H2,1-3H3/q+1/t21-,23-,24+,26-/m1/s1. The molecule has 1 aliphatic rings. The highest BCUT2D eigenvalue weighted by atomic mass is 32.1. The van der Waals surface area contributed by atoms with Crippen molar-refractivity contribution in [3.63, 3.8) is 0 Å². The summed E-state index contributed by atoms with van der Waals surface area (Å²) in [7, 11) is 3.89. The summed E-state index contributed by atoms with van der Waals surface area (Å²) in [5.41, 5.74) is 4.43. The van der Waals surface area contributed by atoms with Crippen LogP contribution in [-0.2, 0) is 4.74 Å². The van der Waals surface area contributed by atoms with E-state index in [4.69, 9.17) is 9.72 Å². The highest BCUT2D eigenvalue weighted by molar-refractivity contribution is 7.21. The molecule has 0 amide bonds. The minimum absolute atomic E-state index is 0.109. The van der Waals surface area contributed by atoms with E-state index in [0.717, 1.165) is 47.7 Å². The van der Waals surface area contributed by atoms with Gasteiger partial charge in [-0.2, -0.15) is 0 Å². The Kier molecular flexibility index (Phi) is 7.77. The Hall–Kier alpha value is -2.11. The molecule has 0 unspecified atom stereocenters. The number of aliphatic hydroxyl groups excluding tert-OH is 3. The molecule has 4 atom stereocenters. The van der Waals surface area contributed by atoms with Gasteiger partial charge in [-0.25, -0.2) is 4.98 Å². The SMILES string of the molecule is Cc1ccc2nc(-c3ccc(NCCCC[N+](C)(C)C[C@@]4(O)OC[C@@H](O)[C@@H](O)[C@@H]4O)cc3)sc2c1. The number of anilines is 1. The molecule has 35 heavy (non-hydrogen) atoms. The van der Waals surface area contributed by atoms with Gasteiger partial charge in [-0.05, 0) is 61.7 Å². The van der Waals surface area contributed by atoms with Crippen molar-refractivity contribution in [1.29, 1.82) is 0 Å². The lowest BCUT2D eigenvalue weighted by Gasteiger charge is -2.45. The van der Waals surface area contributed by atoms with Gasteiger partial charge in [0, 0.05) is 17.8 Å². The summed E-state index contributed by atoms with van der Waals surface area (Å²) in [6, 6.07) is 14.7. The van der Waals surface area contributed by atoms with Gasteiger partial charge in [0.1, 0.15) is 29.9 Å². The van der Waals surface area contributed by atoms with E-state index >= 15 is 0 Å². The first kappa shape index (κ1) is 26.0. The summed E-state index contributed by atoms with van der Waals surface area (Å²) in [5.74, 6) is -1.88. The predicted molar refractivity (Wildman–Crippen MR) is 138 cm³/mol. The molecule has 1 aromatic heterocycles. The molecule has 5 N–H and O–H groups in total. The zero-order chi connectivity index (χ0) is 25.2. The molecule has 0 radical (unpaired) electrons. The Labute approximate surface area is 210 Å². The predicted octanol–water partition coefficient (Wildman–Crippen LogP) is 2.34. The first-order valence-corrected chi connectivity index (χ1v) is 12.8. The molecule has 4 rings (SSSR count). The zero-order valence-corrected chi connectivity index (χ0v) is 21.3. The second-order valence-corrected chi connectivity index (χ2v) is 11.2. The van der Waals surface area contributed by atoms with Crippen LogP contribution in [0.25, 0.3) is 20.8 Å². The highest BCUT2D eigenvalue weighted by Crippen LogP contribution is 2.31. The van der Waals surface area contributed by atoms with Crippen molar-refractivity contribution in [2.75, 3.05) is 45.7 Å². The minimum Gasteiger partial charge on any atom is -0.388 e. The maximum atomic E-state index is 10.7. The molecule has 2 heterocycles. The van der Waals surface area contributed by atoms with Gasteiger partial charge in [-0.3, -0.25) is 0 Å². The van der Waals surface area contributed by atoms with Gasteiger partial charge in [0.2, 0.25) is 5.79 Å². The third-order valence-corrected chi connectivity index (χ3v) is 7.60. The number of nitrogens with zero attached hydrogens (tertiary/aromatic N) is 2. The molecule has 0 saturated carbocycles. The number of ether oxygens (including phenoxy) is 1. The molecule has 190 valence electrons. The molecule has 1 saturated heterocycles. The number of nitrogens with one attached hydrogen (secondary N) is 1. The Balaban J connectivity index is 1.23. The fourth-order valence-corrected chi connectivity index (χ4v) is 5.58. The van der Waals surface area contributed by atoms with Gasteiger partial charge in [0.25, 0.3) is 0 Å². The van der Waals surface area contributed by atoms with E-state index in [-0.39, 0.29) is 13.2 Å². The molecule has 1 fully saturated rings. The number of hydrogen-bond acceptors (Lipinski definition) is 8. The van der Waals surface area contributed by atoms with E-state index in [9.17, 15) is 20.4 Å². The first-order valence-electron chi connectivity index (χ1n) is 12.0. The number of benzene rings is 2. The fraction of sp³-hybridized carbons (Fsp3) is 0.500. The fourth-order valence-electron chi connectivity index (χ4n) is 4.51. The lowest BCUT2D eigenvalue weighted by molar-refractivity contribution is -0.901. The maximum Gasteiger partial charge on any atom is 0.245 e. The Bertz CT molecular complexity index is 1140. The Morgan fingerprint density at radius 1 is 1.11 bits per heavy atom. The van der Waals surface area contributed by atoms with Crippen molar-refractivity contribution in [3.05, 3.63) is 48.0 Å². The van der Waals surface area contributed by atoms with Crippen LogP contribution in [0, 0.1) is 6.92 Å². The van der Waals surface area contributed by atoms with Gasteiger partial charge in [0.15, 0.2) is 0 Å². The van der Waals surface area contributed by atoms with Gasteiger partial charge in [0.05, 0.1) is 37.5 Å². The lowest BCUT2D eigenvalue weighted by Crippen LogP contribution is -2.67. The number of likely N-dealkylation sites (N-methyl/N-ethyl adjacent to an activating group) is 1. The highest BCUT2D eigenvalue weighted by Gasteiger charge is 2.51. The van der Waals surface area contributed by atoms with E-state index in [1.165, 1.54) is 10.3 Å². The zero-order valence-electron chi connectivity index (χ0n) is 20.5. The molecule has 9 heteroatoms. The number of fused-ring (bicyclic) bond motifs is 1. The second kappa shape index (κ2) is 10.5. The van der Waals surface area contributed by atoms with Crippen LogP contribution in [0.4, 0.5) is 5.69 Å². The van der Waals surface area contributed by atoms with Gasteiger partial charge in [-0.1, -0.05) is 6.07 Å². The van der Waals surface area contributed by atoms with Crippen LogP contribution < -0.4 is 5.32 Å². The maximum absolute atomic E-state index is 10.7. The van der Waals surface area contributed by atoms with Crippen molar-refractivity contribution < 1.29 is 29.6 Å². The average molecular weight is 503 g/mol. The molecule has 1 aliphatic heterocycles. The summed E-state index contributed by atoms with van der Waals surface area (Å²) in [6.45, 7) is 3.56. The average Bonchev–Trinajstić information content (AvgIpc) is 3.23. The van der Waals surface area contributed by atoms with E-state index in [1.54, 1.807) is 11.3 Å². The summed E-state index contributed by atoms with van der Waals surface area (Å²) in [6.07, 6.45) is -2.35. The van der Waals surface area contributed by atoms with Crippen LogP contribution in [0.5, 0.6) is 0 Å². The molecule has 0 aliphatic carbocycles. The molecule has 0 bridgehead atoms. The second-order valence-electron chi connectivity index (χ2n) is 10.2. The number of quaternary nitrogens is 1. The number of thiazole rings is 1. The number of unbranched alkanes of at least 4 members (excludes halogenated alkanes) is 1. The third kappa shape index (κ3) is 6.18. The quantitative estimate of drug-likeness (QED) is 0.225. The van der Waals surface area contributed by atoms with E-state index in [2.05, 4.69) is 54.7 Å². The normalized spacial score (nSPS) is 25.2. The minimum atomic E-state index is -1.88. The summed E-state index contributed by atoms with van der Waals surface area (Å²) in [5, 5.41) is 44.9. The van der Waals surface area contributed by atoms with Crippen LogP contribution in [-0.4, -0.2) is 94.3 Å². The van der Waals surface area contributed by atoms with Crippen molar-refractivity contribution in [2.24, 2.45) is 0 Å². The van der Waals surface area contributed by atoms with Crippen LogP contribution in [0.2, 0.25) is 0 Å². The molecule has 8 nitrogen and oxygen atoms in total. The van der Waals surface area contributed by atoms with Gasteiger partial charge >= 0.3 is 0 Å². The largest absolute Gasteiger partial charge is 0.388 e. The molecular weight excluding hydrogens is 466 g/mol.